The molecule has 5 rings (SSSR count). The summed E-state index contributed by atoms with van der Waals surface area (Å²) < 4.78 is 5.66. The van der Waals surface area contributed by atoms with E-state index in [4.69, 9.17) is 9.68 Å². The Labute approximate surface area is 166 Å². The lowest BCUT2D eigenvalue weighted by Crippen LogP contribution is -2.02. The summed E-state index contributed by atoms with van der Waals surface area (Å²) in [7, 11) is 0. The van der Waals surface area contributed by atoms with E-state index in [1.165, 1.54) is 0 Å². The molecule has 0 bridgehead atoms. The van der Waals surface area contributed by atoms with Gasteiger partial charge in [0.05, 0.1) is 5.52 Å². The highest BCUT2D eigenvalue weighted by molar-refractivity contribution is 6.16. The molecule has 4 heteroatoms. The van der Waals surface area contributed by atoms with Crippen LogP contribution in [-0.2, 0) is 0 Å². The van der Waals surface area contributed by atoms with Crippen LogP contribution in [0.2, 0.25) is 0 Å². The summed E-state index contributed by atoms with van der Waals surface area (Å²) in [6.45, 7) is 0. The van der Waals surface area contributed by atoms with Crippen molar-refractivity contribution < 1.29 is 9.21 Å². The summed E-state index contributed by atoms with van der Waals surface area (Å²) in [6, 6.07) is 26.4. The molecule has 2 heterocycles. The highest BCUT2D eigenvalue weighted by Crippen LogP contribution is 2.31. The number of rotatable bonds is 3. The fourth-order valence-electron chi connectivity index (χ4n) is 3.60. The van der Waals surface area contributed by atoms with Crippen LogP contribution in [0.25, 0.3) is 33.0 Å². The molecule has 0 spiro atoms. The number of ketones is 1. The first kappa shape index (κ1) is 16.9. The molecule has 0 amide bonds. The van der Waals surface area contributed by atoms with E-state index in [9.17, 15) is 4.79 Å². The van der Waals surface area contributed by atoms with Gasteiger partial charge in [-0.05, 0) is 17.7 Å². The zero-order valence-electron chi connectivity index (χ0n) is 15.3. The van der Waals surface area contributed by atoms with Crippen molar-refractivity contribution in [3.05, 3.63) is 102 Å². The largest absolute Gasteiger partial charge is 0.445 e. The number of aromatic nitrogens is 1. The molecule has 0 aliphatic rings. The summed E-state index contributed by atoms with van der Waals surface area (Å²) in [5, 5.41) is 10.8. The standard InChI is InChI=1S/C25H14N2O2/c26-15-19-14-18-4-3-6-20(25(18)29-19)16-8-10-17(11-9-16)24(28)22-12-13-27-23-7-2-1-5-21(22)23/h1-14H. The van der Waals surface area contributed by atoms with Gasteiger partial charge in [-0.15, -0.1) is 0 Å². The van der Waals surface area contributed by atoms with Crippen LogP contribution in [0.4, 0.5) is 0 Å². The molecular weight excluding hydrogens is 360 g/mol. The van der Waals surface area contributed by atoms with Crippen LogP contribution in [0, 0.1) is 11.3 Å². The summed E-state index contributed by atoms with van der Waals surface area (Å²) in [4.78, 5) is 17.4. The van der Waals surface area contributed by atoms with Gasteiger partial charge in [0, 0.05) is 39.7 Å². The molecular formula is C25H14N2O2. The molecule has 0 atom stereocenters. The summed E-state index contributed by atoms with van der Waals surface area (Å²) in [6.07, 6.45) is 1.66. The molecule has 2 aromatic heterocycles. The van der Waals surface area contributed by atoms with Crippen LogP contribution in [-0.4, -0.2) is 10.8 Å². The SMILES string of the molecule is N#Cc1cc2cccc(-c3ccc(C(=O)c4ccnc5ccccc45)cc3)c2o1. The van der Waals surface area contributed by atoms with E-state index in [0.717, 1.165) is 27.4 Å². The van der Waals surface area contributed by atoms with Crippen molar-refractivity contribution in [1.82, 2.24) is 4.98 Å². The Balaban J connectivity index is 1.55. The average molecular weight is 374 g/mol. The fraction of sp³-hybridized carbons (Fsp3) is 0. The molecule has 0 radical (unpaired) electrons. The van der Waals surface area contributed by atoms with Crippen LogP contribution in [0.1, 0.15) is 21.7 Å². The van der Waals surface area contributed by atoms with Gasteiger partial charge in [-0.3, -0.25) is 9.78 Å². The minimum absolute atomic E-state index is 0.0434. The molecule has 29 heavy (non-hydrogen) atoms. The number of fused-ring (bicyclic) bond motifs is 2. The minimum atomic E-state index is -0.0434. The number of carbonyl (C=O) groups excluding carboxylic acids is 1. The van der Waals surface area contributed by atoms with Gasteiger partial charge in [-0.2, -0.15) is 5.26 Å². The molecule has 0 N–H and O–H groups in total. The van der Waals surface area contributed by atoms with Gasteiger partial charge in [-0.25, -0.2) is 0 Å². The molecule has 4 nitrogen and oxygen atoms in total. The van der Waals surface area contributed by atoms with Crippen molar-refractivity contribution in [3.8, 4) is 17.2 Å². The quantitative estimate of drug-likeness (QED) is 0.377. The van der Waals surface area contributed by atoms with E-state index < -0.39 is 0 Å². The number of para-hydroxylation sites is 2. The number of nitrogens with zero attached hydrogens (tertiary/aromatic N) is 2. The third-order valence-electron chi connectivity index (χ3n) is 5.01. The highest BCUT2D eigenvalue weighted by atomic mass is 16.3. The molecule has 0 unspecified atom stereocenters. The molecule has 0 aliphatic carbocycles. The van der Waals surface area contributed by atoms with E-state index in [0.29, 0.717) is 16.7 Å². The third-order valence-corrected chi connectivity index (χ3v) is 5.01. The lowest BCUT2D eigenvalue weighted by molar-refractivity contribution is 0.104. The summed E-state index contributed by atoms with van der Waals surface area (Å²) in [5.41, 5.74) is 4.52. The summed E-state index contributed by atoms with van der Waals surface area (Å²) in [5.74, 6) is 0.238. The number of nitriles is 1. The molecule has 5 aromatic rings. The zero-order valence-corrected chi connectivity index (χ0v) is 15.3. The second-order valence-corrected chi connectivity index (χ2v) is 6.73. The maximum absolute atomic E-state index is 13.1. The van der Waals surface area contributed by atoms with Crippen LogP contribution in [0.15, 0.2) is 89.5 Å². The Bertz CT molecular complexity index is 1420. The van der Waals surface area contributed by atoms with Crippen molar-refractivity contribution in [2.75, 3.05) is 0 Å². The van der Waals surface area contributed by atoms with Crippen molar-refractivity contribution in [2.45, 2.75) is 0 Å². The van der Waals surface area contributed by atoms with E-state index in [1.54, 1.807) is 18.3 Å². The first-order chi connectivity index (χ1) is 14.2. The Morgan fingerprint density at radius 2 is 1.76 bits per heavy atom. The number of benzene rings is 3. The number of carbonyl (C=O) groups is 1. The maximum atomic E-state index is 13.1. The van der Waals surface area contributed by atoms with Crippen molar-refractivity contribution in [2.24, 2.45) is 0 Å². The molecule has 0 saturated heterocycles. The smallest absolute Gasteiger partial charge is 0.204 e. The van der Waals surface area contributed by atoms with Crippen LogP contribution >= 0.6 is 0 Å². The molecule has 0 aliphatic heterocycles. The highest BCUT2D eigenvalue weighted by Gasteiger charge is 2.14. The van der Waals surface area contributed by atoms with E-state index in [1.807, 2.05) is 72.8 Å². The van der Waals surface area contributed by atoms with Crippen molar-refractivity contribution in [1.29, 1.82) is 5.26 Å². The van der Waals surface area contributed by atoms with Crippen LogP contribution in [0.3, 0.4) is 0 Å². The zero-order chi connectivity index (χ0) is 19.8. The van der Waals surface area contributed by atoms with Crippen molar-refractivity contribution in [3.63, 3.8) is 0 Å². The Morgan fingerprint density at radius 3 is 2.59 bits per heavy atom. The number of pyridine rings is 1. The summed E-state index contributed by atoms with van der Waals surface area (Å²) >= 11 is 0. The van der Waals surface area contributed by atoms with Crippen molar-refractivity contribution >= 4 is 27.7 Å². The fourth-order valence-corrected chi connectivity index (χ4v) is 3.60. The van der Waals surface area contributed by atoms with Gasteiger partial charge in [-0.1, -0.05) is 60.7 Å². The molecule has 0 fully saturated rings. The van der Waals surface area contributed by atoms with Crippen LogP contribution < -0.4 is 0 Å². The van der Waals surface area contributed by atoms with Gasteiger partial charge in [0.1, 0.15) is 11.7 Å². The van der Waals surface area contributed by atoms with E-state index in [2.05, 4.69) is 4.98 Å². The normalized spacial score (nSPS) is 10.9. The van der Waals surface area contributed by atoms with Gasteiger partial charge >= 0.3 is 0 Å². The number of hydrogen-bond acceptors (Lipinski definition) is 4. The molecule has 3 aromatic carbocycles. The Kier molecular flexibility index (Phi) is 3.93. The first-order valence-corrected chi connectivity index (χ1v) is 9.16. The van der Waals surface area contributed by atoms with Gasteiger partial charge in [0.15, 0.2) is 5.78 Å². The lowest BCUT2D eigenvalue weighted by Gasteiger charge is -2.07. The van der Waals surface area contributed by atoms with E-state index >= 15 is 0 Å². The average Bonchev–Trinajstić information content (AvgIpc) is 3.22. The lowest BCUT2D eigenvalue weighted by atomic mass is 9.97. The predicted molar refractivity (Wildman–Crippen MR) is 112 cm³/mol. The topological polar surface area (TPSA) is 66.9 Å². The maximum Gasteiger partial charge on any atom is 0.204 e. The predicted octanol–water partition coefficient (Wildman–Crippen LogP) is 5.75. The third kappa shape index (κ3) is 2.86. The Morgan fingerprint density at radius 1 is 0.931 bits per heavy atom. The first-order valence-electron chi connectivity index (χ1n) is 9.16. The van der Waals surface area contributed by atoms with Crippen LogP contribution in [0.5, 0.6) is 0 Å². The second-order valence-electron chi connectivity index (χ2n) is 6.73. The van der Waals surface area contributed by atoms with Gasteiger partial charge in [0.25, 0.3) is 0 Å². The number of hydrogen-bond donors (Lipinski definition) is 0. The second kappa shape index (κ2) is 6.74. The van der Waals surface area contributed by atoms with Gasteiger partial charge in [0.2, 0.25) is 5.76 Å². The minimum Gasteiger partial charge on any atom is -0.445 e. The van der Waals surface area contributed by atoms with E-state index in [-0.39, 0.29) is 11.5 Å². The molecule has 0 saturated carbocycles. The number of furan rings is 1. The molecule has 136 valence electrons. The monoisotopic (exact) mass is 374 g/mol. The Hall–Kier alpha value is -4.23. The van der Waals surface area contributed by atoms with Gasteiger partial charge < -0.3 is 4.42 Å².